The molecule has 1 heterocycles. The maximum absolute atomic E-state index is 11.8. The van der Waals surface area contributed by atoms with E-state index < -0.39 is 0 Å². The monoisotopic (exact) mass is 216 g/mol. The number of rotatable bonds is 1. The molecule has 1 amide bonds. The molecule has 0 aliphatic carbocycles. The van der Waals surface area contributed by atoms with E-state index in [9.17, 15) is 4.79 Å². The zero-order chi connectivity index (χ0) is 11.9. The predicted octanol–water partition coefficient (Wildman–Crippen LogP) is 2.72. The fourth-order valence-electron chi connectivity index (χ4n) is 2.24. The van der Waals surface area contributed by atoms with Crippen molar-refractivity contribution in [1.82, 2.24) is 0 Å². The first-order chi connectivity index (χ1) is 7.49. The Bertz CT molecular complexity index is 466. The summed E-state index contributed by atoms with van der Waals surface area (Å²) in [7, 11) is 0. The van der Waals surface area contributed by atoms with Crippen molar-refractivity contribution in [3.63, 3.8) is 0 Å². The van der Waals surface area contributed by atoms with E-state index in [0.717, 1.165) is 22.5 Å². The molecule has 1 aliphatic heterocycles. The molecule has 0 saturated heterocycles. The summed E-state index contributed by atoms with van der Waals surface area (Å²) < 4.78 is 0. The number of nitrogens with zero attached hydrogens (tertiary/aromatic N) is 2. The van der Waals surface area contributed by atoms with Gasteiger partial charge in [0.2, 0.25) is 0 Å². The minimum Gasteiger partial charge on any atom is -0.272 e. The Morgan fingerprint density at radius 1 is 1.12 bits per heavy atom. The molecule has 0 atom stereocenters. The Balaban J connectivity index is 2.53. The molecule has 3 heteroatoms. The zero-order valence-electron chi connectivity index (χ0n) is 10.2. The van der Waals surface area contributed by atoms with Crippen LogP contribution in [0, 0.1) is 20.8 Å². The van der Waals surface area contributed by atoms with E-state index in [1.165, 1.54) is 5.56 Å². The van der Waals surface area contributed by atoms with Crippen molar-refractivity contribution in [2.24, 2.45) is 5.10 Å². The molecule has 1 aliphatic rings. The van der Waals surface area contributed by atoms with Crippen molar-refractivity contribution in [1.29, 1.82) is 0 Å². The van der Waals surface area contributed by atoms with E-state index in [-0.39, 0.29) is 5.91 Å². The second-order valence-electron chi connectivity index (χ2n) is 4.46. The third-order valence-electron chi connectivity index (χ3n) is 2.76. The number of aryl methyl sites for hydroxylation is 3. The molecular formula is C13H16N2O. The summed E-state index contributed by atoms with van der Waals surface area (Å²) in [5.41, 5.74) is 5.23. The third-order valence-corrected chi connectivity index (χ3v) is 2.76. The number of hydrogen-bond donors (Lipinski definition) is 0. The van der Waals surface area contributed by atoms with E-state index in [1.807, 2.05) is 20.8 Å². The molecule has 0 fully saturated rings. The van der Waals surface area contributed by atoms with Gasteiger partial charge in [0.1, 0.15) is 0 Å². The van der Waals surface area contributed by atoms with Gasteiger partial charge in [0, 0.05) is 5.71 Å². The lowest BCUT2D eigenvalue weighted by atomic mass is 10.0. The lowest BCUT2D eigenvalue weighted by molar-refractivity contribution is -0.116. The minimum absolute atomic E-state index is 0.0625. The van der Waals surface area contributed by atoms with Gasteiger partial charge in [0.25, 0.3) is 5.91 Å². The summed E-state index contributed by atoms with van der Waals surface area (Å²) in [6, 6.07) is 4.16. The Morgan fingerprint density at radius 2 is 1.69 bits per heavy atom. The van der Waals surface area contributed by atoms with Crippen molar-refractivity contribution < 1.29 is 4.79 Å². The van der Waals surface area contributed by atoms with Crippen LogP contribution in [0.25, 0.3) is 0 Å². The number of hydrogen-bond acceptors (Lipinski definition) is 2. The van der Waals surface area contributed by atoms with Crippen LogP contribution in [0.15, 0.2) is 17.2 Å². The molecule has 3 nitrogen and oxygen atoms in total. The number of amides is 1. The first-order valence-corrected chi connectivity index (χ1v) is 5.44. The van der Waals surface area contributed by atoms with Gasteiger partial charge in [-0.25, -0.2) is 0 Å². The predicted molar refractivity (Wildman–Crippen MR) is 65.9 cm³/mol. The van der Waals surface area contributed by atoms with Gasteiger partial charge in [0.15, 0.2) is 0 Å². The minimum atomic E-state index is 0.0625. The van der Waals surface area contributed by atoms with Crippen LogP contribution >= 0.6 is 0 Å². The van der Waals surface area contributed by atoms with Crippen molar-refractivity contribution in [3.05, 3.63) is 28.8 Å². The number of carbonyl (C=O) groups excluding carboxylic acids is 1. The van der Waals surface area contributed by atoms with Gasteiger partial charge in [-0.05, 0) is 38.8 Å². The lowest BCUT2D eigenvalue weighted by Gasteiger charge is -2.18. The van der Waals surface area contributed by atoms with E-state index in [2.05, 4.69) is 24.2 Å². The number of carbonyl (C=O) groups is 1. The molecule has 0 radical (unpaired) electrons. The van der Waals surface area contributed by atoms with Crippen LogP contribution in [0.1, 0.15) is 30.0 Å². The second kappa shape index (κ2) is 3.74. The highest BCUT2D eigenvalue weighted by Gasteiger charge is 2.25. The average molecular weight is 216 g/mol. The lowest BCUT2D eigenvalue weighted by Crippen LogP contribution is -2.21. The first kappa shape index (κ1) is 10.9. The summed E-state index contributed by atoms with van der Waals surface area (Å²) in [5, 5.41) is 5.83. The summed E-state index contributed by atoms with van der Waals surface area (Å²) in [5.74, 6) is 0.0625. The largest absolute Gasteiger partial charge is 0.272 e. The molecule has 0 spiro atoms. The second-order valence-corrected chi connectivity index (χ2v) is 4.46. The van der Waals surface area contributed by atoms with Crippen molar-refractivity contribution in [2.45, 2.75) is 34.1 Å². The van der Waals surface area contributed by atoms with Crippen molar-refractivity contribution >= 4 is 17.3 Å². The van der Waals surface area contributed by atoms with Crippen LogP contribution in [0.5, 0.6) is 0 Å². The highest BCUT2D eigenvalue weighted by atomic mass is 16.2. The first-order valence-electron chi connectivity index (χ1n) is 5.44. The van der Waals surface area contributed by atoms with Gasteiger partial charge in [-0.2, -0.15) is 10.1 Å². The molecule has 16 heavy (non-hydrogen) atoms. The summed E-state index contributed by atoms with van der Waals surface area (Å²) in [6.45, 7) is 7.98. The Kier molecular flexibility index (Phi) is 2.54. The molecule has 1 aromatic rings. The Hall–Kier alpha value is -1.64. The van der Waals surface area contributed by atoms with Crippen LogP contribution in [0.2, 0.25) is 0 Å². The standard InChI is InChI=1S/C13H16N2O/c1-8-5-9(2)13(10(3)6-8)15-12(16)7-11(4)14-15/h5-6H,7H2,1-4H3. The van der Waals surface area contributed by atoms with Gasteiger partial charge in [-0.1, -0.05) is 17.7 Å². The maximum atomic E-state index is 11.8. The van der Waals surface area contributed by atoms with Crippen molar-refractivity contribution in [3.8, 4) is 0 Å². The fourth-order valence-corrected chi connectivity index (χ4v) is 2.24. The highest BCUT2D eigenvalue weighted by molar-refractivity contribution is 6.12. The topological polar surface area (TPSA) is 32.7 Å². The number of benzene rings is 1. The molecular weight excluding hydrogens is 200 g/mol. The summed E-state index contributed by atoms with van der Waals surface area (Å²) >= 11 is 0. The van der Waals surface area contributed by atoms with E-state index >= 15 is 0 Å². The van der Waals surface area contributed by atoms with Crippen molar-refractivity contribution in [2.75, 3.05) is 5.01 Å². The van der Waals surface area contributed by atoms with Crippen LogP contribution in [0.4, 0.5) is 5.69 Å². The summed E-state index contributed by atoms with van der Waals surface area (Å²) in [6.07, 6.45) is 0.437. The Morgan fingerprint density at radius 3 is 2.12 bits per heavy atom. The third kappa shape index (κ3) is 1.73. The van der Waals surface area contributed by atoms with E-state index in [4.69, 9.17) is 0 Å². The number of hydrazone groups is 1. The molecule has 0 saturated carbocycles. The number of anilines is 1. The van der Waals surface area contributed by atoms with Gasteiger partial charge in [0.05, 0.1) is 12.1 Å². The molecule has 0 unspecified atom stereocenters. The fraction of sp³-hybridized carbons (Fsp3) is 0.385. The van der Waals surface area contributed by atoms with Crippen LogP contribution in [0.3, 0.4) is 0 Å². The Labute approximate surface area is 95.8 Å². The molecule has 0 N–H and O–H groups in total. The molecule has 0 aromatic heterocycles. The SMILES string of the molecule is CC1=NN(c2c(C)cc(C)cc2C)C(=O)C1. The highest BCUT2D eigenvalue weighted by Crippen LogP contribution is 2.29. The zero-order valence-corrected chi connectivity index (χ0v) is 10.2. The maximum Gasteiger partial charge on any atom is 0.253 e. The average Bonchev–Trinajstić information content (AvgIpc) is 2.43. The quantitative estimate of drug-likeness (QED) is 0.710. The van der Waals surface area contributed by atoms with E-state index in [0.29, 0.717) is 6.42 Å². The van der Waals surface area contributed by atoms with Crippen LogP contribution in [-0.4, -0.2) is 11.6 Å². The van der Waals surface area contributed by atoms with Crippen LogP contribution < -0.4 is 5.01 Å². The van der Waals surface area contributed by atoms with Gasteiger partial charge >= 0.3 is 0 Å². The molecule has 0 bridgehead atoms. The molecule has 1 aromatic carbocycles. The summed E-state index contributed by atoms with van der Waals surface area (Å²) in [4.78, 5) is 11.8. The van der Waals surface area contributed by atoms with Gasteiger partial charge < -0.3 is 0 Å². The smallest absolute Gasteiger partial charge is 0.253 e. The van der Waals surface area contributed by atoms with Gasteiger partial charge in [-0.3, -0.25) is 4.79 Å². The molecule has 2 rings (SSSR count). The van der Waals surface area contributed by atoms with Crippen LogP contribution in [-0.2, 0) is 4.79 Å². The van der Waals surface area contributed by atoms with E-state index in [1.54, 1.807) is 5.01 Å². The van der Waals surface area contributed by atoms with Gasteiger partial charge in [-0.15, -0.1) is 0 Å². The molecule has 84 valence electrons. The normalized spacial score (nSPS) is 15.6.